The molecule has 23 heavy (non-hydrogen) atoms. The van der Waals surface area contributed by atoms with Gasteiger partial charge < -0.3 is 15.0 Å². The van der Waals surface area contributed by atoms with E-state index in [9.17, 15) is 4.79 Å². The van der Waals surface area contributed by atoms with Crippen molar-refractivity contribution in [3.05, 3.63) is 42.0 Å². The van der Waals surface area contributed by atoms with E-state index in [1.54, 1.807) is 0 Å². The zero-order valence-corrected chi connectivity index (χ0v) is 13.9. The van der Waals surface area contributed by atoms with Crippen LogP contribution in [0, 0.1) is 5.41 Å². The number of hydrogen-bond donors (Lipinski definition) is 1. The fourth-order valence-electron chi connectivity index (χ4n) is 3.67. The normalized spacial score (nSPS) is 24.0. The first kappa shape index (κ1) is 16.1. The molecule has 0 aliphatic carbocycles. The Labute approximate surface area is 138 Å². The van der Waals surface area contributed by atoms with E-state index in [1.165, 1.54) is 12.8 Å². The van der Waals surface area contributed by atoms with Crippen molar-refractivity contribution in [2.24, 2.45) is 5.41 Å². The summed E-state index contributed by atoms with van der Waals surface area (Å²) < 4.78 is 5.77. The molecule has 2 aliphatic rings. The Morgan fingerprint density at radius 1 is 1.39 bits per heavy atom. The minimum absolute atomic E-state index is 0.0910. The standard InChI is InChI=1S/C19H26N2O2/c1-15(2)12-23-17-7-4-3-6-16(17)18(22)21-11-5-8-19(14-21)9-10-20-13-19/h3-4,6-7,20H,1,5,8-14H2,2H3/t19-/m1/s1. The number of likely N-dealkylation sites (tertiary alicyclic amines) is 1. The number of hydrogen-bond acceptors (Lipinski definition) is 3. The Hall–Kier alpha value is -1.81. The van der Waals surface area contributed by atoms with Crippen LogP contribution in [-0.2, 0) is 0 Å². The molecule has 1 N–H and O–H groups in total. The molecule has 1 atom stereocenters. The number of rotatable bonds is 4. The minimum Gasteiger partial charge on any atom is -0.488 e. The summed E-state index contributed by atoms with van der Waals surface area (Å²) in [5.41, 5.74) is 1.89. The van der Waals surface area contributed by atoms with Crippen LogP contribution in [0.1, 0.15) is 36.5 Å². The van der Waals surface area contributed by atoms with Crippen molar-refractivity contribution in [3.63, 3.8) is 0 Å². The summed E-state index contributed by atoms with van der Waals surface area (Å²) in [5, 5.41) is 3.45. The number of ether oxygens (including phenoxy) is 1. The van der Waals surface area contributed by atoms with E-state index in [4.69, 9.17) is 4.74 Å². The average molecular weight is 314 g/mol. The van der Waals surface area contributed by atoms with Gasteiger partial charge in [-0.25, -0.2) is 0 Å². The lowest BCUT2D eigenvalue weighted by molar-refractivity contribution is 0.0550. The van der Waals surface area contributed by atoms with Gasteiger partial charge in [-0.05, 0) is 50.4 Å². The second-order valence-electron chi connectivity index (χ2n) is 7.00. The number of piperidine rings is 1. The van der Waals surface area contributed by atoms with Gasteiger partial charge in [-0.15, -0.1) is 0 Å². The van der Waals surface area contributed by atoms with Gasteiger partial charge >= 0.3 is 0 Å². The largest absolute Gasteiger partial charge is 0.488 e. The summed E-state index contributed by atoms with van der Waals surface area (Å²) in [4.78, 5) is 15.0. The van der Waals surface area contributed by atoms with Crippen LogP contribution in [0.15, 0.2) is 36.4 Å². The van der Waals surface area contributed by atoms with E-state index < -0.39 is 0 Å². The maximum absolute atomic E-state index is 13.0. The Bertz CT molecular complexity index is 591. The molecular formula is C19H26N2O2. The molecule has 3 rings (SSSR count). The first-order valence-corrected chi connectivity index (χ1v) is 8.46. The molecule has 4 heteroatoms. The molecule has 2 heterocycles. The monoisotopic (exact) mass is 314 g/mol. The molecule has 1 spiro atoms. The van der Waals surface area contributed by atoms with E-state index in [0.717, 1.165) is 38.2 Å². The molecule has 2 fully saturated rings. The third kappa shape index (κ3) is 3.58. The van der Waals surface area contributed by atoms with Crippen molar-refractivity contribution in [1.29, 1.82) is 0 Å². The number of nitrogens with zero attached hydrogens (tertiary/aromatic N) is 1. The van der Waals surface area contributed by atoms with Crippen LogP contribution in [0.2, 0.25) is 0 Å². The van der Waals surface area contributed by atoms with Gasteiger partial charge in [0.1, 0.15) is 12.4 Å². The molecule has 124 valence electrons. The van der Waals surface area contributed by atoms with Crippen LogP contribution in [0.3, 0.4) is 0 Å². The summed E-state index contributed by atoms with van der Waals surface area (Å²) in [5.74, 6) is 0.748. The van der Waals surface area contributed by atoms with E-state index >= 15 is 0 Å². The third-order valence-electron chi connectivity index (χ3n) is 4.87. The molecule has 0 aromatic heterocycles. The van der Waals surface area contributed by atoms with Crippen LogP contribution in [0.25, 0.3) is 0 Å². The molecule has 2 aliphatic heterocycles. The van der Waals surface area contributed by atoms with Gasteiger partial charge in [0.15, 0.2) is 0 Å². The maximum atomic E-state index is 13.0. The third-order valence-corrected chi connectivity index (χ3v) is 4.87. The van der Waals surface area contributed by atoms with Crippen LogP contribution in [-0.4, -0.2) is 43.6 Å². The highest BCUT2D eigenvalue weighted by Gasteiger charge is 2.39. The highest BCUT2D eigenvalue weighted by molar-refractivity contribution is 5.97. The predicted molar refractivity (Wildman–Crippen MR) is 91.8 cm³/mol. The molecule has 2 saturated heterocycles. The summed E-state index contributed by atoms with van der Waals surface area (Å²) in [6.45, 7) is 10.0. The number of para-hydroxylation sites is 1. The first-order chi connectivity index (χ1) is 11.1. The summed E-state index contributed by atoms with van der Waals surface area (Å²) >= 11 is 0. The summed E-state index contributed by atoms with van der Waals surface area (Å²) in [7, 11) is 0. The lowest BCUT2D eigenvalue weighted by Crippen LogP contribution is -2.47. The van der Waals surface area contributed by atoms with E-state index in [0.29, 0.717) is 17.9 Å². The van der Waals surface area contributed by atoms with E-state index in [2.05, 4.69) is 11.9 Å². The topological polar surface area (TPSA) is 41.6 Å². The average Bonchev–Trinajstić information content (AvgIpc) is 3.00. The van der Waals surface area contributed by atoms with Crippen LogP contribution in [0.5, 0.6) is 5.75 Å². The molecule has 0 saturated carbocycles. The number of carbonyl (C=O) groups is 1. The number of amides is 1. The maximum Gasteiger partial charge on any atom is 0.257 e. The summed E-state index contributed by atoms with van der Waals surface area (Å²) in [6.07, 6.45) is 3.48. The second kappa shape index (κ2) is 6.75. The van der Waals surface area contributed by atoms with Crippen molar-refractivity contribution in [2.75, 3.05) is 32.8 Å². The smallest absolute Gasteiger partial charge is 0.257 e. The second-order valence-corrected chi connectivity index (χ2v) is 7.00. The van der Waals surface area contributed by atoms with Gasteiger partial charge in [0, 0.05) is 25.0 Å². The molecule has 0 unspecified atom stereocenters. The molecule has 0 bridgehead atoms. The van der Waals surface area contributed by atoms with Gasteiger partial charge in [-0.3, -0.25) is 4.79 Å². The Morgan fingerprint density at radius 2 is 2.22 bits per heavy atom. The van der Waals surface area contributed by atoms with Crippen LogP contribution >= 0.6 is 0 Å². The van der Waals surface area contributed by atoms with Gasteiger partial charge in [-0.1, -0.05) is 18.7 Å². The van der Waals surface area contributed by atoms with Gasteiger partial charge in [-0.2, -0.15) is 0 Å². The van der Waals surface area contributed by atoms with Crippen molar-refractivity contribution >= 4 is 5.91 Å². The van der Waals surface area contributed by atoms with Crippen LogP contribution in [0.4, 0.5) is 0 Å². The van der Waals surface area contributed by atoms with Crippen molar-refractivity contribution in [1.82, 2.24) is 10.2 Å². The van der Waals surface area contributed by atoms with Gasteiger partial charge in [0.2, 0.25) is 0 Å². The zero-order chi connectivity index (χ0) is 16.3. The molecule has 1 aromatic carbocycles. The molecule has 4 nitrogen and oxygen atoms in total. The molecule has 0 radical (unpaired) electrons. The van der Waals surface area contributed by atoms with Crippen molar-refractivity contribution in [2.45, 2.75) is 26.2 Å². The number of carbonyl (C=O) groups excluding carboxylic acids is 1. The van der Waals surface area contributed by atoms with Gasteiger partial charge in [0.05, 0.1) is 5.56 Å². The summed E-state index contributed by atoms with van der Waals surface area (Å²) in [6, 6.07) is 7.54. The Morgan fingerprint density at radius 3 is 2.96 bits per heavy atom. The first-order valence-electron chi connectivity index (χ1n) is 8.46. The highest BCUT2D eigenvalue weighted by Crippen LogP contribution is 2.36. The van der Waals surface area contributed by atoms with Crippen LogP contribution < -0.4 is 10.1 Å². The van der Waals surface area contributed by atoms with E-state index in [-0.39, 0.29) is 11.3 Å². The fourth-order valence-corrected chi connectivity index (χ4v) is 3.67. The van der Waals surface area contributed by atoms with Crippen molar-refractivity contribution in [3.8, 4) is 5.75 Å². The quantitative estimate of drug-likeness (QED) is 0.869. The molecule has 1 aromatic rings. The Kier molecular flexibility index (Phi) is 4.71. The lowest BCUT2D eigenvalue weighted by atomic mass is 9.79. The van der Waals surface area contributed by atoms with Crippen molar-refractivity contribution < 1.29 is 9.53 Å². The van der Waals surface area contributed by atoms with E-state index in [1.807, 2.05) is 36.1 Å². The fraction of sp³-hybridized carbons (Fsp3) is 0.526. The number of nitrogens with one attached hydrogen (secondary N) is 1. The Balaban J connectivity index is 1.76. The predicted octanol–water partition coefficient (Wildman–Crippen LogP) is 2.86. The number of benzene rings is 1. The highest BCUT2D eigenvalue weighted by atomic mass is 16.5. The lowest BCUT2D eigenvalue weighted by Gasteiger charge is -2.40. The minimum atomic E-state index is 0.0910. The SMILES string of the molecule is C=C(C)COc1ccccc1C(=O)N1CCC[C@]2(CCNC2)C1. The zero-order valence-electron chi connectivity index (χ0n) is 13.9. The van der Waals surface area contributed by atoms with Gasteiger partial charge in [0.25, 0.3) is 5.91 Å². The molecule has 1 amide bonds. The molecular weight excluding hydrogens is 288 g/mol.